The molecule has 1 saturated carbocycles. The smallest absolute Gasteiger partial charge is 0.0468 e. The molecule has 2 N–H and O–H groups in total. The van der Waals surface area contributed by atoms with Gasteiger partial charge in [0.2, 0.25) is 0 Å². The Morgan fingerprint density at radius 1 is 1.19 bits per heavy atom. The molecule has 0 unspecified atom stereocenters. The first-order chi connectivity index (χ1) is 10.3. The van der Waals surface area contributed by atoms with Gasteiger partial charge in [0, 0.05) is 47.1 Å². The molecule has 1 aliphatic rings. The maximum absolute atomic E-state index is 6.11. The Hall–Kier alpha value is -2.07. The quantitative estimate of drug-likeness (QED) is 0.738. The van der Waals surface area contributed by atoms with E-state index in [-0.39, 0.29) is 0 Å². The van der Waals surface area contributed by atoms with Gasteiger partial charge < -0.3 is 10.6 Å². The van der Waals surface area contributed by atoms with Crippen molar-refractivity contribution in [3.05, 3.63) is 53.0 Å². The first-order valence-electron chi connectivity index (χ1n) is 7.23. The van der Waals surface area contributed by atoms with Crippen LogP contribution in [0, 0.1) is 0 Å². The van der Waals surface area contributed by atoms with Crippen molar-refractivity contribution >= 4 is 33.5 Å². The molecule has 1 fully saturated rings. The van der Waals surface area contributed by atoms with Crippen molar-refractivity contribution in [3.8, 4) is 0 Å². The van der Waals surface area contributed by atoms with Crippen molar-refractivity contribution in [3.63, 3.8) is 0 Å². The van der Waals surface area contributed by atoms with E-state index in [2.05, 4.69) is 32.8 Å². The van der Waals surface area contributed by atoms with Gasteiger partial charge in [-0.05, 0) is 53.4 Å². The van der Waals surface area contributed by atoms with Crippen LogP contribution in [0.5, 0.6) is 0 Å². The van der Waals surface area contributed by atoms with Crippen LogP contribution in [0.25, 0.3) is 10.8 Å². The summed E-state index contributed by atoms with van der Waals surface area (Å²) < 4.78 is 0. The number of hydrogen-bond donors (Lipinski definition) is 1. The zero-order valence-corrected chi connectivity index (χ0v) is 12.5. The highest BCUT2D eigenvalue weighted by atomic mass is 32.1. The normalized spacial score (nSPS) is 14.5. The van der Waals surface area contributed by atoms with Crippen LogP contribution in [0.4, 0.5) is 11.4 Å². The van der Waals surface area contributed by atoms with Gasteiger partial charge in [-0.2, -0.15) is 11.3 Å². The van der Waals surface area contributed by atoms with Gasteiger partial charge >= 0.3 is 0 Å². The van der Waals surface area contributed by atoms with E-state index in [4.69, 9.17) is 5.73 Å². The van der Waals surface area contributed by atoms with Gasteiger partial charge in [-0.1, -0.05) is 0 Å². The molecular formula is C17H17N3S. The van der Waals surface area contributed by atoms with E-state index in [9.17, 15) is 0 Å². The molecule has 4 heteroatoms. The van der Waals surface area contributed by atoms with Crippen molar-refractivity contribution in [2.45, 2.75) is 25.4 Å². The molecule has 1 aromatic carbocycles. The summed E-state index contributed by atoms with van der Waals surface area (Å²) in [6.07, 6.45) is 6.29. The molecule has 3 nitrogen and oxygen atoms in total. The van der Waals surface area contributed by atoms with Crippen molar-refractivity contribution < 1.29 is 0 Å². The predicted molar refractivity (Wildman–Crippen MR) is 89.7 cm³/mol. The molecular weight excluding hydrogens is 278 g/mol. The van der Waals surface area contributed by atoms with Crippen molar-refractivity contribution in [2.24, 2.45) is 0 Å². The van der Waals surface area contributed by atoms with Crippen LogP contribution in [-0.4, -0.2) is 11.0 Å². The number of pyridine rings is 1. The Balaban J connectivity index is 1.81. The molecule has 0 amide bonds. The lowest BCUT2D eigenvalue weighted by Crippen LogP contribution is -2.25. The molecule has 0 bridgehead atoms. The van der Waals surface area contributed by atoms with Gasteiger partial charge in [0.15, 0.2) is 0 Å². The Morgan fingerprint density at radius 2 is 2.10 bits per heavy atom. The van der Waals surface area contributed by atoms with Crippen LogP contribution < -0.4 is 10.6 Å². The molecule has 3 aromatic rings. The molecule has 0 aliphatic heterocycles. The molecule has 21 heavy (non-hydrogen) atoms. The molecule has 2 heterocycles. The minimum Gasteiger partial charge on any atom is -0.398 e. The zero-order chi connectivity index (χ0) is 14.2. The van der Waals surface area contributed by atoms with Crippen LogP contribution in [0.2, 0.25) is 0 Å². The first-order valence-corrected chi connectivity index (χ1v) is 8.17. The molecule has 2 aromatic heterocycles. The minimum absolute atomic E-state index is 0.650. The van der Waals surface area contributed by atoms with Crippen molar-refractivity contribution in [2.75, 3.05) is 10.6 Å². The van der Waals surface area contributed by atoms with E-state index in [1.165, 1.54) is 24.1 Å². The van der Waals surface area contributed by atoms with Gasteiger partial charge in [0.05, 0.1) is 0 Å². The summed E-state index contributed by atoms with van der Waals surface area (Å²) in [7, 11) is 0. The summed E-state index contributed by atoms with van der Waals surface area (Å²) in [6, 6.07) is 9.02. The summed E-state index contributed by atoms with van der Waals surface area (Å²) in [6.45, 7) is 0.960. The lowest BCUT2D eigenvalue weighted by molar-refractivity contribution is 0.800. The third-order valence-corrected chi connectivity index (χ3v) is 4.79. The van der Waals surface area contributed by atoms with Gasteiger partial charge in [-0.3, -0.25) is 4.98 Å². The summed E-state index contributed by atoms with van der Waals surface area (Å²) >= 11 is 1.76. The maximum atomic E-state index is 6.11. The van der Waals surface area contributed by atoms with E-state index in [1.807, 2.05) is 24.5 Å². The number of fused-ring (bicyclic) bond motifs is 1. The number of nitrogens with two attached hydrogens (primary N) is 1. The van der Waals surface area contributed by atoms with Crippen molar-refractivity contribution in [1.29, 1.82) is 0 Å². The van der Waals surface area contributed by atoms with E-state index in [1.54, 1.807) is 11.3 Å². The monoisotopic (exact) mass is 295 g/mol. The predicted octanol–water partition coefficient (Wildman–Crippen LogP) is 4.05. The fraction of sp³-hybridized carbons (Fsp3) is 0.235. The number of nitrogen functional groups attached to an aromatic ring is 1. The van der Waals surface area contributed by atoms with E-state index < -0.39 is 0 Å². The topological polar surface area (TPSA) is 42.1 Å². The minimum atomic E-state index is 0.650. The second-order valence-corrected chi connectivity index (χ2v) is 6.37. The fourth-order valence-electron chi connectivity index (χ4n) is 2.83. The average Bonchev–Trinajstić information content (AvgIpc) is 3.23. The van der Waals surface area contributed by atoms with Crippen LogP contribution >= 0.6 is 11.3 Å². The fourth-order valence-corrected chi connectivity index (χ4v) is 3.49. The van der Waals surface area contributed by atoms with Crippen LogP contribution in [0.15, 0.2) is 47.4 Å². The number of benzene rings is 1. The van der Waals surface area contributed by atoms with Gasteiger partial charge in [-0.15, -0.1) is 0 Å². The van der Waals surface area contributed by atoms with Crippen molar-refractivity contribution in [1.82, 2.24) is 4.98 Å². The number of anilines is 2. The highest BCUT2D eigenvalue weighted by molar-refractivity contribution is 7.07. The highest BCUT2D eigenvalue weighted by Gasteiger charge is 2.30. The summed E-state index contributed by atoms with van der Waals surface area (Å²) in [5.41, 5.74) is 9.56. The average molecular weight is 295 g/mol. The highest BCUT2D eigenvalue weighted by Crippen LogP contribution is 2.38. The Bertz CT molecular complexity index is 763. The number of rotatable bonds is 4. The molecule has 0 radical (unpaired) electrons. The summed E-state index contributed by atoms with van der Waals surface area (Å²) in [5.74, 6) is 0. The number of aromatic nitrogens is 1. The Labute approximate surface area is 128 Å². The third kappa shape index (κ3) is 2.36. The summed E-state index contributed by atoms with van der Waals surface area (Å²) in [4.78, 5) is 6.80. The third-order valence-electron chi connectivity index (χ3n) is 4.06. The van der Waals surface area contributed by atoms with Crippen LogP contribution in [0.1, 0.15) is 18.4 Å². The summed E-state index contributed by atoms with van der Waals surface area (Å²) in [5, 5.41) is 6.62. The SMILES string of the molecule is Nc1ccc(N(Cc2ccsc2)C2CC2)c2cnccc12. The number of thiophene rings is 1. The van der Waals surface area contributed by atoms with Gasteiger partial charge in [0.25, 0.3) is 0 Å². The largest absolute Gasteiger partial charge is 0.398 e. The number of nitrogens with zero attached hydrogens (tertiary/aromatic N) is 2. The molecule has 0 saturated heterocycles. The van der Waals surface area contributed by atoms with E-state index in [0.29, 0.717) is 6.04 Å². The second kappa shape index (κ2) is 5.04. The van der Waals surface area contributed by atoms with Crippen LogP contribution in [0.3, 0.4) is 0 Å². The molecule has 1 aliphatic carbocycles. The lowest BCUT2D eigenvalue weighted by atomic mass is 10.1. The number of hydrogen-bond acceptors (Lipinski definition) is 4. The maximum Gasteiger partial charge on any atom is 0.0468 e. The van der Waals surface area contributed by atoms with E-state index >= 15 is 0 Å². The Kier molecular flexibility index (Phi) is 3.04. The molecule has 4 rings (SSSR count). The molecule has 106 valence electrons. The molecule has 0 spiro atoms. The zero-order valence-electron chi connectivity index (χ0n) is 11.7. The van der Waals surface area contributed by atoms with Gasteiger partial charge in [-0.25, -0.2) is 0 Å². The molecule has 0 atom stereocenters. The van der Waals surface area contributed by atoms with E-state index in [0.717, 1.165) is 23.0 Å². The van der Waals surface area contributed by atoms with Gasteiger partial charge in [0.1, 0.15) is 0 Å². The Morgan fingerprint density at radius 3 is 2.86 bits per heavy atom. The lowest BCUT2D eigenvalue weighted by Gasteiger charge is -2.26. The second-order valence-electron chi connectivity index (χ2n) is 5.59. The van der Waals surface area contributed by atoms with Crippen LogP contribution in [-0.2, 0) is 6.54 Å². The first kappa shape index (κ1) is 12.7. The standard InChI is InChI=1S/C17H17N3S/c18-16-3-4-17(15-9-19-7-5-14(15)16)20(13-1-2-13)10-12-6-8-21-11-12/h3-9,11,13H,1-2,10,18H2.